The van der Waals surface area contributed by atoms with Crippen molar-refractivity contribution in [1.29, 1.82) is 0 Å². The van der Waals surface area contributed by atoms with E-state index in [0.717, 1.165) is 0 Å². The molecule has 1 rings (SSSR count). The van der Waals surface area contributed by atoms with Gasteiger partial charge in [-0.15, -0.1) is 0 Å². The minimum atomic E-state index is -2.31. The summed E-state index contributed by atoms with van der Waals surface area (Å²) in [5.41, 5.74) is 2.50. The van der Waals surface area contributed by atoms with Crippen LogP contribution < -0.4 is 0 Å². The Labute approximate surface area is 74.5 Å². The lowest BCUT2D eigenvalue weighted by molar-refractivity contribution is 0.246. The van der Waals surface area contributed by atoms with Gasteiger partial charge in [-0.3, -0.25) is 4.57 Å². The van der Waals surface area contributed by atoms with Crippen LogP contribution in [0.15, 0.2) is 11.1 Å². The van der Waals surface area contributed by atoms with Crippen molar-refractivity contribution in [2.45, 2.75) is 33.8 Å². The first-order valence-corrected chi connectivity index (χ1v) is 6.34. The van der Waals surface area contributed by atoms with Crippen molar-refractivity contribution in [1.82, 2.24) is 0 Å². The molecule has 0 aromatic carbocycles. The van der Waals surface area contributed by atoms with Gasteiger partial charge in [-0.05, 0) is 27.7 Å². The number of allylic oxidation sites excluding steroid dienone is 2. The van der Waals surface area contributed by atoms with E-state index in [1.165, 1.54) is 11.1 Å². The zero-order chi connectivity index (χ0) is 9.35. The van der Waals surface area contributed by atoms with Crippen LogP contribution in [0.25, 0.3) is 0 Å². The highest BCUT2D eigenvalue weighted by Crippen LogP contribution is 2.55. The van der Waals surface area contributed by atoms with Crippen molar-refractivity contribution in [2.24, 2.45) is 0 Å². The first-order chi connectivity index (χ1) is 5.43. The fourth-order valence-electron chi connectivity index (χ4n) is 1.51. The van der Waals surface area contributed by atoms with Gasteiger partial charge in [0.25, 0.3) is 0 Å². The highest BCUT2D eigenvalue weighted by molar-refractivity contribution is 7.59. The Morgan fingerprint density at radius 2 is 1.67 bits per heavy atom. The molecule has 3 heteroatoms. The quantitative estimate of drug-likeness (QED) is 0.491. The molecule has 70 valence electrons. The molecule has 0 spiro atoms. The first-order valence-electron chi connectivity index (χ1n) is 4.35. The topological polar surface area (TPSA) is 26.3 Å². The minimum Gasteiger partial charge on any atom is -0.325 e. The van der Waals surface area contributed by atoms with Crippen molar-refractivity contribution in [3.8, 4) is 0 Å². The molecule has 0 saturated carbocycles. The third-order valence-corrected chi connectivity index (χ3v) is 4.81. The largest absolute Gasteiger partial charge is 0.325 e. The van der Waals surface area contributed by atoms with Gasteiger partial charge >= 0.3 is 0 Å². The van der Waals surface area contributed by atoms with E-state index in [2.05, 4.69) is 0 Å². The molecule has 1 aliphatic heterocycles. The van der Waals surface area contributed by atoms with Crippen LogP contribution in [0.1, 0.15) is 27.7 Å². The van der Waals surface area contributed by atoms with Crippen LogP contribution in [0.4, 0.5) is 0 Å². The fourth-order valence-corrected chi connectivity index (χ4v) is 4.52. The molecule has 0 radical (unpaired) electrons. The van der Waals surface area contributed by atoms with Gasteiger partial charge in [0.15, 0.2) is 0 Å². The summed E-state index contributed by atoms with van der Waals surface area (Å²) in [5, 5.41) is 0. The molecule has 0 amide bonds. The molecule has 0 atom stereocenters. The molecule has 1 aliphatic rings. The summed E-state index contributed by atoms with van der Waals surface area (Å²) in [6, 6.07) is 0. The van der Waals surface area contributed by atoms with Gasteiger partial charge in [0.2, 0.25) is 7.37 Å². The van der Waals surface area contributed by atoms with Gasteiger partial charge in [0, 0.05) is 12.3 Å². The summed E-state index contributed by atoms with van der Waals surface area (Å²) >= 11 is 0. The zero-order valence-electron chi connectivity index (χ0n) is 8.26. The summed E-state index contributed by atoms with van der Waals surface area (Å²) in [6.07, 6.45) is 1.41. The molecule has 0 aromatic rings. The Kier molecular flexibility index (Phi) is 2.80. The summed E-state index contributed by atoms with van der Waals surface area (Å²) < 4.78 is 17.4. The highest BCUT2D eigenvalue weighted by Gasteiger charge is 2.31. The Balaban J connectivity index is 2.64. The maximum Gasteiger partial charge on any atom is 0.211 e. The average molecular weight is 188 g/mol. The second-order valence-corrected chi connectivity index (χ2v) is 6.32. The van der Waals surface area contributed by atoms with E-state index < -0.39 is 7.37 Å². The Morgan fingerprint density at radius 1 is 1.25 bits per heavy atom. The first kappa shape index (κ1) is 10.0. The maximum atomic E-state index is 12.0. The van der Waals surface area contributed by atoms with E-state index in [4.69, 9.17) is 4.52 Å². The predicted octanol–water partition coefficient (Wildman–Crippen LogP) is 3.04. The maximum absolute atomic E-state index is 12.0. The number of hydrogen-bond acceptors (Lipinski definition) is 2. The van der Waals surface area contributed by atoms with Crippen molar-refractivity contribution in [3.05, 3.63) is 11.1 Å². The van der Waals surface area contributed by atoms with Gasteiger partial charge in [-0.1, -0.05) is 11.1 Å². The van der Waals surface area contributed by atoms with E-state index in [0.29, 0.717) is 12.3 Å². The van der Waals surface area contributed by atoms with Crippen molar-refractivity contribution in [3.63, 3.8) is 0 Å². The van der Waals surface area contributed by atoms with Crippen LogP contribution >= 0.6 is 7.37 Å². The normalized spacial score (nSPS) is 22.4. The SMILES string of the molecule is CC1=C(C)CP(=O)(OC(C)C)C1. The van der Waals surface area contributed by atoms with E-state index in [1.807, 2.05) is 27.7 Å². The second kappa shape index (κ2) is 3.35. The molecule has 2 nitrogen and oxygen atoms in total. The third kappa shape index (κ3) is 2.21. The van der Waals surface area contributed by atoms with Gasteiger partial charge in [-0.25, -0.2) is 0 Å². The van der Waals surface area contributed by atoms with E-state index in [-0.39, 0.29) is 6.10 Å². The number of rotatable bonds is 2. The van der Waals surface area contributed by atoms with Gasteiger partial charge in [-0.2, -0.15) is 0 Å². The minimum absolute atomic E-state index is 0.0783. The van der Waals surface area contributed by atoms with Crippen LogP contribution in [0.3, 0.4) is 0 Å². The van der Waals surface area contributed by atoms with Gasteiger partial charge < -0.3 is 4.52 Å². The highest BCUT2D eigenvalue weighted by atomic mass is 31.2. The summed E-state index contributed by atoms with van der Waals surface area (Å²) in [4.78, 5) is 0. The van der Waals surface area contributed by atoms with Crippen molar-refractivity contribution >= 4 is 7.37 Å². The average Bonchev–Trinajstić information content (AvgIpc) is 2.04. The lowest BCUT2D eigenvalue weighted by Crippen LogP contribution is -2.02. The summed E-state index contributed by atoms with van der Waals surface area (Å²) in [6.45, 7) is 7.95. The standard InChI is InChI=1S/C9H17O2P/c1-7(2)11-12(10)5-8(3)9(4)6-12/h7H,5-6H2,1-4H3. The molecular formula is C9H17O2P. The molecule has 0 aromatic heterocycles. The van der Waals surface area contributed by atoms with E-state index in [1.54, 1.807) is 0 Å². The molecule has 1 heterocycles. The Hall–Kier alpha value is -0.0700. The second-order valence-electron chi connectivity index (χ2n) is 3.85. The predicted molar refractivity (Wildman–Crippen MR) is 51.9 cm³/mol. The van der Waals surface area contributed by atoms with Crippen LogP contribution in [-0.4, -0.2) is 18.4 Å². The lowest BCUT2D eigenvalue weighted by Gasteiger charge is -2.15. The molecule has 0 aliphatic carbocycles. The fraction of sp³-hybridized carbons (Fsp3) is 0.778. The zero-order valence-corrected chi connectivity index (χ0v) is 9.15. The summed E-state index contributed by atoms with van der Waals surface area (Å²) in [5.74, 6) is 0. The molecule has 0 N–H and O–H groups in total. The Bertz CT molecular complexity index is 235. The van der Waals surface area contributed by atoms with Crippen LogP contribution in [-0.2, 0) is 9.09 Å². The van der Waals surface area contributed by atoms with Crippen LogP contribution in [0.2, 0.25) is 0 Å². The molecule has 0 fully saturated rings. The molecule has 0 saturated heterocycles. The van der Waals surface area contributed by atoms with Gasteiger partial charge in [0.05, 0.1) is 6.10 Å². The van der Waals surface area contributed by atoms with Crippen molar-refractivity contribution < 1.29 is 9.09 Å². The molecule has 0 unspecified atom stereocenters. The third-order valence-electron chi connectivity index (χ3n) is 2.09. The molecule has 12 heavy (non-hydrogen) atoms. The Morgan fingerprint density at radius 3 is 2.00 bits per heavy atom. The molecule has 0 bridgehead atoms. The van der Waals surface area contributed by atoms with Crippen LogP contribution in [0, 0.1) is 0 Å². The smallest absolute Gasteiger partial charge is 0.211 e. The van der Waals surface area contributed by atoms with Gasteiger partial charge in [0.1, 0.15) is 0 Å². The molecular weight excluding hydrogens is 171 g/mol. The van der Waals surface area contributed by atoms with E-state index >= 15 is 0 Å². The van der Waals surface area contributed by atoms with Crippen LogP contribution in [0.5, 0.6) is 0 Å². The lowest BCUT2D eigenvalue weighted by atomic mass is 10.2. The summed E-state index contributed by atoms with van der Waals surface area (Å²) in [7, 11) is -2.31. The van der Waals surface area contributed by atoms with Crippen molar-refractivity contribution in [2.75, 3.05) is 12.3 Å². The monoisotopic (exact) mass is 188 g/mol. The van der Waals surface area contributed by atoms with E-state index in [9.17, 15) is 4.57 Å². The number of hydrogen-bond donors (Lipinski definition) is 0.